The summed E-state index contributed by atoms with van der Waals surface area (Å²) in [7, 11) is 0. The number of nitrogens with zero attached hydrogens (tertiary/aromatic N) is 4. The first-order valence-electron chi connectivity index (χ1n) is 11.6. The van der Waals surface area contributed by atoms with Crippen LogP contribution in [0.3, 0.4) is 0 Å². The molecular formula is C22H42ClN5. The maximum absolute atomic E-state index is 6.21. The van der Waals surface area contributed by atoms with E-state index in [4.69, 9.17) is 11.6 Å². The first-order chi connectivity index (χ1) is 13.7. The molecule has 1 rings (SSSR count). The van der Waals surface area contributed by atoms with Crippen LogP contribution < -0.4 is 10.2 Å². The van der Waals surface area contributed by atoms with Crippen molar-refractivity contribution in [2.45, 2.75) is 104 Å². The molecule has 0 unspecified atom stereocenters. The summed E-state index contributed by atoms with van der Waals surface area (Å²) in [6, 6.07) is 0. The van der Waals surface area contributed by atoms with Gasteiger partial charge in [0.05, 0.1) is 0 Å². The van der Waals surface area contributed by atoms with Crippen LogP contribution in [-0.4, -0.2) is 34.6 Å². The summed E-state index contributed by atoms with van der Waals surface area (Å²) in [5, 5.41) is 3.62. The number of nitrogens with one attached hydrogen (secondary N) is 1. The highest BCUT2D eigenvalue weighted by molar-refractivity contribution is 6.28. The third-order valence-corrected chi connectivity index (χ3v) is 5.17. The molecule has 0 amide bonds. The number of hydrogen-bond donors (Lipinski definition) is 1. The topological polar surface area (TPSA) is 53.9 Å². The molecule has 0 radical (unpaired) electrons. The lowest BCUT2D eigenvalue weighted by molar-refractivity contribution is 0.600. The van der Waals surface area contributed by atoms with Crippen LogP contribution in [-0.2, 0) is 0 Å². The predicted molar refractivity (Wildman–Crippen MR) is 123 cm³/mol. The van der Waals surface area contributed by atoms with Gasteiger partial charge in [0.2, 0.25) is 17.2 Å². The average Bonchev–Trinajstić information content (AvgIpc) is 2.69. The van der Waals surface area contributed by atoms with Gasteiger partial charge in [-0.3, -0.25) is 0 Å². The lowest BCUT2D eigenvalue weighted by Gasteiger charge is -2.23. The van der Waals surface area contributed by atoms with E-state index in [2.05, 4.69) is 45.9 Å². The van der Waals surface area contributed by atoms with Gasteiger partial charge in [0.1, 0.15) is 0 Å². The molecule has 28 heavy (non-hydrogen) atoms. The number of hydrogen-bond acceptors (Lipinski definition) is 5. The van der Waals surface area contributed by atoms with E-state index in [1.54, 1.807) is 0 Å². The maximum Gasteiger partial charge on any atom is 0.231 e. The number of halogens is 1. The molecule has 0 spiro atoms. The summed E-state index contributed by atoms with van der Waals surface area (Å²) >= 11 is 6.21. The van der Waals surface area contributed by atoms with Gasteiger partial charge in [-0.1, -0.05) is 85.0 Å². The molecule has 0 saturated carbocycles. The van der Waals surface area contributed by atoms with Crippen molar-refractivity contribution >= 4 is 23.5 Å². The lowest BCUT2D eigenvalue weighted by Crippen LogP contribution is -2.28. The number of rotatable bonds is 18. The van der Waals surface area contributed by atoms with Crippen LogP contribution >= 0.6 is 11.6 Å². The number of anilines is 2. The fraction of sp³-hybridized carbons (Fsp3) is 0.864. The van der Waals surface area contributed by atoms with Crippen LogP contribution in [0.5, 0.6) is 0 Å². The Morgan fingerprint density at radius 2 is 1.21 bits per heavy atom. The van der Waals surface area contributed by atoms with Crippen molar-refractivity contribution in [3.8, 4) is 0 Å². The van der Waals surface area contributed by atoms with E-state index >= 15 is 0 Å². The van der Waals surface area contributed by atoms with Crippen molar-refractivity contribution < 1.29 is 0 Å². The Kier molecular flexibility index (Phi) is 15.0. The van der Waals surface area contributed by atoms with E-state index in [1.165, 1.54) is 77.0 Å². The zero-order valence-corrected chi connectivity index (χ0v) is 19.2. The SMILES string of the molecule is CCCCCCCNc1nc(Cl)nc(N(CCCCCC)CCCCCC)n1. The van der Waals surface area contributed by atoms with Crippen LogP contribution in [0.15, 0.2) is 0 Å². The van der Waals surface area contributed by atoms with Gasteiger partial charge < -0.3 is 10.2 Å². The molecule has 1 aromatic rings. The maximum atomic E-state index is 6.21. The summed E-state index contributed by atoms with van der Waals surface area (Å²) < 4.78 is 0. The predicted octanol–water partition coefficient (Wildman–Crippen LogP) is 6.87. The lowest BCUT2D eigenvalue weighted by atomic mass is 10.1. The molecule has 1 N–H and O–H groups in total. The summed E-state index contributed by atoms with van der Waals surface area (Å²) in [5.41, 5.74) is 0. The second-order valence-electron chi connectivity index (χ2n) is 7.68. The van der Waals surface area contributed by atoms with Crippen LogP contribution in [0.1, 0.15) is 104 Å². The fourth-order valence-electron chi connectivity index (χ4n) is 3.26. The molecule has 5 nitrogen and oxygen atoms in total. The number of aromatic nitrogens is 3. The summed E-state index contributed by atoms with van der Waals surface area (Å²) in [6.07, 6.45) is 16.2. The normalized spacial score (nSPS) is 11.0. The molecule has 6 heteroatoms. The molecule has 0 fully saturated rings. The molecule has 0 atom stereocenters. The van der Waals surface area contributed by atoms with Gasteiger partial charge in [0.15, 0.2) is 0 Å². The molecule has 1 aromatic heterocycles. The molecular weight excluding hydrogens is 370 g/mol. The van der Waals surface area contributed by atoms with Gasteiger partial charge in [-0.05, 0) is 30.9 Å². The van der Waals surface area contributed by atoms with E-state index in [-0.39, 0.29) is 5.28 Å². The largest absolute Gasteiger partial charge is 0.354 e. The standard InChI is InChI=1S/C22H42ClN5/c1-4-7-10-13-14-17-24-21-25-20(23)26-22(27-21)28(18-15-11-8-5-2)19-16-12-9-6-3/h4-19H2,1-3H3,(H,24,25,26,27). The Morgan fingerprint density at radius 3 is 1.79 bits per heavy atom. The second-order valence-corrected chi connectivity index (χ2v) is 8.02. The van der Waals surface area contributed by atoms with Gasteiger partial charge >= 0.3 is 0 Å². The van der Waals surface area contributed by atoms with Crippen molar-refractivity contribution in [1.82, 2.24) is 15.0 Å². The van der Waals surface area contributed by atoms with Gasteiger partial charge in [-0.2, -0.15) is 15.0 Å². The van der Waals surface area contributed by atoms with Crippen molar-refractivity contribution in [1.29, 1.82) is 0 Å². The van der Waals surface area contributed by atoms with Crippen LogP contribution in [0.4, 0.5) is 11.9 Å². The van der Waals surface area contributed by atoms with Gasteiger partial charge in [0.25, 0.3) is 0 Å². The molecule has 0 aromatic carbocycles. The van der Waals surface area contributed by atoms with Gasteiger partial charge in [0, 0.05) is 19.6 Å². The molecule has 0 aliphatic carbocycles. The minimum absolute atomic E-state index is 0.283. The molecule has 0 saturated heterocycles. The van der Waals surface area contributed by atoms with Crippen LogP contribution in [0, 0.1) is 0 Å². The summed E-state index contributed by atoms with van der Waals surface area (Å²) in [4.78, 5) is 15.7. The molecule has 0 bridgehead atoms. The third-order valence-electron chi connectivity index (χ3n) is 5.01. The highest BCUT2D eigenvalue weighted by Gasteiger charge is 2.13. The van der Waals surface area contributed by atoms with Crippen molar-refractivity contribution in [2.75, 3.05) is 29.9 Å². The second kappa shape index (κ2) is 16.8. The molecule has 0 aliphatic rings. The average molecular weight is 412 g/mol. The first kappa shape index (κ1) is 24.9. The Bertz CT molecular complexity index is 486. The Morgan fingerprint density at radius 1 is 0.679 bits per heavy atom. The third kappa shape index (κ3) is 11.7. The van der Waals surface area contributed by atoms with Crippen LogP contribution in [0.25, 0.3) is 0 Å². The van der Waals surface area contributed by atoms with Gasteiger partial charge in [-0.25, -0.2) is 0 Å². The Labute approximate surface area is 178 Å². The molecule has 1 heterocycles. The monoisotopic (exact) mass is 411 g/mol. The fourth-order valence-corrected chi connectivity index (χ4v) is 3.42. The van der Waals surface area contributed by atoms with E-state index in [9.17, 15) is 0 Å². The quantitative estimate of drug-likeness (QED) is 0.267. The summed E-state index contributed by atoms with van der Waals surface area (Å²) in [5.74, 6) is 1.33. The van der Waals surface area contributed by atoms with Crippen LogP contribution in [0.2, 0.25) is 5.28 Å². The molecule has 162 valence electrons. The summed E-state index contributed by atoms with van der Waals surface area (Å²) in [6.45, 7) is 9.59. The molecule has 0 aliphatic heterocycles. The van der Waals surface area contributed by atoms with Crippen molar-refractivity contribution in [3.63, 3.8) is 0 Å². The Balaban J connectivity index is 2.62. The highest BCUT2D eigenvalue weighted by atomic mass is 35.5. The number of unbranched alkanes of at least 4 members (excludes halogenated alkanes) is 10. The van der Waals surface area contributed by atoms with Crippen molar-refractivity contribution in [3.05, 3.63) is 5.28 Å². The Hall–Kier alpha value is -1.10. The zero-order valence-electron chi connectivity index (χ0n) is 18.5. The van der Waals surface area contributed by atoms with E-state index in [0.717, 1.165) is 32.0 Å². The van der Waals surface area contributed by atoms with Crippen molar-refractivity contribution in [2.24, 2.45) is 0 Å². The van der Waals surface area contributed by atoms with E-state index in [1.807, 2.05) is 0 Å². The van der Waals surface area contributed by atoms with E-state index in [0.29, 0.717) is 5.95 Å². The van der Waals surface area contributed by atoms with E-state index < -0.39 is 0 Å². The first-order valence-corrected chi connectivity index (χ1v) is 12.0. The zero-order chi connectivity index (χ0) is 20.5. The smallest absolute Gasteiger partial charge is 0.231 e. The minimum Gasteiger partial charge on any atom is -0.354 e. The highest BCUT2D eigenvalue weighted by Crippen LogP contribution is 2.17. The van der Waals surface area contributed by atoms with Gasteiger partial charge in [-0.15, -0.1) is 0 Å². The minimum atomic E-state index is 0.283.